The Hall–Kier alpha value is -1.99. The number of halogens is 1. The summed E-state index contributed by atoms with van der Waals surface area (Å²) < 4.78 is 10.7. The number of nitrogens with zero attached hydrogens (tertiary/aromatic N) is 2. The number of hydrogen-bond donors (Lipinski definition) is 1. The summed E-state index contributed by atoms with van der Waals surface area (Å²) in [7, 11) is 0. The van der Waals surface area contributed by atoms with Gasteiger partial charge in [0.1, 0.15) is 5.76 Å². The van der Waals surface area contributed by atoms with E-state index in [4.69, 9.17) is 4.42 Å². The molecule has 0 saturated carbocycles. The van der Waals surface area contributed by atoms with E-state index in [2.05, 4.69) is 30.6 Å². The summed E-state index contributed by atoms with van der Waals surface area (Å²) in [5, 5.41) is 3.27. The van der Waals surface area contributed by atoms with Crippen molar-refractivity contribution in [2.45, 2.75) is 19.8 Å². The topological polar surface area (TPSA) is 68.0 Å². The first-order valence-electron chi connectivity index (χ1n) is 7.00. The lowest BCUT2D eigenvalue weighted by Gasteiger charge is -2.10. The van der Waals surface area contributed by atoms with Crippen molar-refractivity contribution in [3.63, 3.8) is 0 Å². The van der Waals surface area contributed by atoms with E-state index >= 15 is 0 Å². The Morgan fingerprint density at radius 2 is 2.00 bits per heavy atom. The molecule has 0 bridgehead atoms. The average Bonchev–Trinajstić information content (AvgIpc) is 3.16. The molecule has 5 nitrogen and oxygen atoms in total. The van der Waals surface area contributed by atoms with E-state index in [9.17, 15) is 4.79 Å². The number of furan rings is 1. The molecule has 0 spiro atoms. The second kappa shape index (κ2) is 6.64. The maximum atomic E-state index is 12.3. The van der Waals surface area contributed by atoms with Gasteiger partial charge in [-0.1, -0.05) is 28.1 Å². The first-order chi connectivity index (χ1) is 11.0. The molecule has 1 atom stereocenters. The summed E-state index contributed by atoms with van der Waals surface area (Å²) in [4.78, 5) is 16.6. The number of benzene rings is 1. The van der Waals surface area contributed by atoms with Crippen molar-refractivity contribution in [3.05, 3.63) is 52.2 Å². The van der Waals surface area contributed by atoms with Gasteiger partial charge >= 0.3 is 0 Å². The molecule has 0 saturated heterocycles. The molecule has 3 rings (SSSR count). The van der Waals surface area contributed by atoms with E-state index in [0.717, 1.165) is 27.3 Å². The second-order valence-corrected chi connectivity index (χ2v) is 6.76. The number of nitrogens with one attached hydrogen (secondary N) is 1. The van der Waals surface area contributed by atoms with Gasteiger partial charge in [0.05, 0.1) is 5.92 Å². The highest BCUT2D eigenvalue weighted by Crippen LogP contribution is 2.25. The minimum Gasteiger partial charge on any atom is -0.458 e. The fraction of sp³-hybridized carbons (Fsp3) is 0.188. The van der Waals surface area contributed by atoms with Gasteiger partial charge in [-0.15, -0.1) is 0 Å². The van der Waals surface area contributed by atoms with Crippen LogP contribution in [0.2, 0.25) is 0 Å². The molecule has 23 heavy (non-hydrogen) atoms. The van der Waals surface area contributed by atoms with E-state index in [0.29, 0.717) is 16.7 Å². The van der Waals surface area contributed by atoms with Crippen molar-refractivity contribution in [1.29, 1.82) is 0 Å². The molecule has 2 heterocycles. The van der Waals surface area contributed by atoms with Crippen LogP contribution >= 0.6 is 27.5 Å². The van der Waals surface area contributed by atoms with Gasteiger partial charge in [0.25, 0.3) is 0 Å². The highest BCUT2D eigenvalue weighted by atomic mass is 79.9. The van der Waals surface area contributed by atoms with Gasteiger partial charge in [-0.3, -0.25) is 4.79 Å². The summed E-state index contributed by atoms with van der Waals surface area (Å²) in [5.74, 6) is 1.48. The van der Waals surface area contributed by atoms with Gasteiger partial charge in [0.2, 0.25) is 16.9 Å². The van der Waals surface area contributed by atoms with Crippen LogP contribution in [0.1, 0.15) is 24.2 Å². The zero-order valence-corrected chi connectivity index (χ0v) is 14.9. The van der Waals surface area contributed by atoms with E-state index < -0.39 is 0 Å². The maximum absolute atomic E-state index is 12.3. The third-order valence-electron chi connectivity index (χ3n) is 3.38. The van der Waals surface area contributed by atoms with Crippen LogP contribution < -0.4 is 5.32 Å². The number of hydrogen-bond acceptors (Lipinski definition) is 5. The standard InChI is InChI=1S/C16H14BrN3O2S/c1-9-3-8-13(22-9)14-18-16(23-20-14)19-15(21)10(2)11-4-6-12(17)7-5-11/h3-8,10H,1-2H3,(H,18,19,20,21). The fourth-order valence-corrected chi connectivity index (χ4v) is 2.89. The Kier molecular flexibility index (Phi) is 4.58. The lowest BCUT2D eigenvalue weighted by atomic mass is 10.0. The summed E-state index contributed by atoms with van der Waals surface area (Å²) in [6.07, 6.45) is 0. The zero-order chi connectivity index (χ0) is 16.4. The van der Waals surface area contributed by atoms with E-state index in [1.165, 1.54) is 0 Å². The van der Waals surface area contributed by atoms with E-state index in [-0.39, 0.29) is 11.8 Å². The number of carbonyl (C=O) groups excluding carboxylic acids is 1. The number of aromatic nitrogens is 2. The molecule has 1 unspecified atom stereocenters. The van der Waals surface area contributed by atoms with Crippen molar-refractivity contribution in [1.82, 2.24) is 9.36 Å². The largest absolute Gasteiger partial charge is 0.458 e. The first kappa shape index (κ1) is 15.9. The number of anilines is 1. The Labute approximate surface area is 146 Å². The third-order valence-corrected chi connectivity index (χ3v) is 4.54. The molecule has 0 radical (unpaired) electrons. The Bertz CT molecular complexity index is 826. The monoisotopic (exact) mass is 391 g/mol. The van der Waals surface area contributed by atoms with Crippen LogP contribution in [-0.2, 0) is 4.79 Å². The highest BCUT2D eigenvalue weighted by molar-refractivity contribution is 9.10. The molecule has 1 N–H and O–H groups in total. The maximum Gasteiger partial charge on any atom is 0.233 e. The van der Waals surface area contributed by atoms with Crippen molar-refractivity contribution >= 4 is 38.5 Å². The minimum absolute atomic E-state index is 0.120. The molecule has 1 amide bonds. The van der Waals surface area contributed by atoms with Crippen molar-refractivity contribution in [2.75, 3.05) is 5.32 Å². The van der Waals surface area contributed by atoms with E-state index in [1.807, 2.05) is 50.2 Å². The lowest BCUT2D eigenvalue weighted by molar-refractivity contribution is -0.117. The minimum atomic E-state index is -0.277. The SMILES string of the molecule is Cc1ccc(-c2nsc(NC(=O)C(C)c3ccc(Br)cc3)n2)o1. The van der Waals surface area contributed by atoms with Crippen molar-refractivity contribution < 1.29 is 9.21 Å². The predicted octanol–water partition coefficient (Wildman–Crippen LogP) is 4.61. The molecular formula is C16H14BrN3O2S. The van der Waals surface area contributed by atoms with Crippen LogP contribution in [-0.4, -0.2) is 15.3 Å². The fourth-order valence-electron chi connectivity index (χ4n) is 2.05. The van der Waals surface area contributed by atoms with Gasteiger partial charge in [0.15, 0.2) is 5.76 Å². The molecule has 3 aromatic rings. The van der Waals surface area contributed by atoms with Crippen LogP contribution in [0, 0.1) is 6.92 Å². The zero-order valence-electron chi connectivity index (χ0n) is 12.5. The first-order valence-corrected chi connectivity index (χ1v) is 8.56. The summed E-state index contributed by atoms with van der Waals surface area (Å²) in [5.41, 5.74) is 0.942. The van der Waals surface area contributed by atoms with Crippen LogP contribution in [0.4, 0.5) is 5.13 Å². The molecule has 0 fully saturated rings. The number of aryl methyl sites for hydroxylation is 1. The quantitative estimate of drug-likeness (QED) is 0.704. The van der Waals surface area contributed by atoms with Crippen LogP contribution in [0.5, 0.6) is 0 Å². The smallest absolute Gasteiger partial charge is 0.233 e. The molecule has 2 aromatic heterocycles. The Morgan fingerprint density at radius 1 is 1.26 bits per heavy atom. The Balaban J connectivity index is 1.70. The number of amides is 1. The molecule has 118 valence electrons. The molecule has 7 heteroatoms. The molecule has 0 aliphatic heterocycles. The average molecular weight is 392 g/mol. The molecule has 1 aromatic carbocycles. The lowest BCUT2D eigenvalue weighted by Crippen LogP contribution is -2.18. The number of rotatable bonds is 4. The Morgan fingerprint density at radius 3 is 2.65 bits per heavy atom. The van der Waals surface area contributed by atoms with E-state index in [1.54, 1.807) is 0 Å². The van der Waals surface area contributed by atoms with Gasteiger partial charge in [-0.25, -0.2) is 0 Å². The third kappa shape index (κ3) is 3.68. The molecular weight excluding hydrogens is 378 g/mol. The summed E-state index contributed by atoms with van der Waals surface area (Å²) in [6.45, 7) is 3.72. The number of carbonyl (C=O) groups is 1. The van der Waals surface area contributed by atoms with Crippen molar-refractivity contribution in [3.8, 4) is 11.6 Å². The normalized spacial score (nSPS) is 12.1. The highest BCUT2D eigenvalue weighted by Gasteiger charge is 2.18. The summed E-state index contributed by atoms with van der Waals surface area (Å²) >= 11 is 4.52. The van der Waals surface area contributed by atoms with Gasteiger partial charge in [-0.2, -0.15) is 9.36 Å². The van der Waals surface area contributed by atoms with Crippen LogP contribution in [0.3, 0.4) is 0 Å². The van der Waals surface area contributed by atoms with Crippen molar-refractivity contribution in [2.24, 2.45) is 0 Å². The second-order valence-electron chi connectivity index (χ2n) is 5.10. The predicted molar refractivity (Wildman–Crippen MR) is 93.5 cm³/mol. The summed E-state index contributed by atoms with van der Waals surface area (Å²) in [6, 6.07) is 11.3. The van der Waals surface area contributed by atoms with Crippen LogP contribution in [0.25, 0.3) is 11.6 Å². The van der Waals surface area contributed by atoms with Gasteiger partial charge in [0, 0.05) is 16.0 Å². The van der Waals surface area contributed by atoms with Gasteiger partial charge in [-0.05, 0) is 43.7 Å². The molecule has 0 aliphatic rings. The van der Waals surface area contributed by atoms with Crippen LogP contribution in [0.15, 0.2) is 45.3 Å². The molecule has 0 aliphatic carbocycles. The van der Waals surface area contributed by atoms with Gasteiger partial charge < -0.3 is 9.73 Å².